The van der Waals surface area contributed by atoms with Crippen molar-refractivity contribution in [3.63, 3.8) is 0 Å². The molecule has 4 aliphatic rings. The summed E-state index contributed by atoms with van der Waals surface area (Å²) in [6, 6.07) is 14.2. The minimum absolute atomic E-state index is 0.00838. The van der Waals surface area contributed by atoms with Crippen molar-refractivity contribution in [2.75, 3.05) is 59.9 Å². The molecule has 0 radical (unpaired) electrons. The number of ether oxygens (including phenoxy) is 1. The van der Waals surface area contributed by atoms with Crippen LogP contribution in [0, 0.1) is 0 Å². The van der Waals surface area contributed by atoms with Crippen LogP contribution in [0.4, 0.5) is 27.5 Å². The van der Waals surface area contributed by atoms with Crippen LogP contribution in [0.15, 0.2) is 58.9 Å². The first kappa shape index (κ1) is 22.4. The molecule has 0 aliphatic carbocycles. The first-order valence-electron chi connectivity index (χ1n) is 12.2. The summed E-state index contributed by atoms with van der Waals surface area (Å²) in [5.74, 6) is 0.496. The zero-order valence-corrected chi connectivity index (χ0v) is 20.4. The summed E-state index contributed by atoms with van der Waals surface area (Å²) in [4.78, 5) is 29.0. The van der Waals surface area contributed by atoms with Gasteiger partial charge in [0.1, 0.15) is 11.6 Å². The molecule has 11 nitrogen and oxygen atoms in total. The second kappa shape index (κ2) is 8.83. The fourth-order valence-corrected chi connectivity index (χ4v) is 4.85. The van der Waals surface area contributed by atoms with Crippen molar-refractivity contribution in [2.45, 2.75) is 19.8 Å². The maximum absolute atomic E-state index is 12.1. The Labute approximate surface area is 209 Å². The van der Waals surface area contributed by atoms with Crippen LogP contribution in [0.5, 0.6) is 5.75 Å². The van der Waals surface area contributed by atoms with Crippen molar-refractivity contribution in [1.82, 2.24) is 15.7 Å². The predicted octanol–water partition coefficient (Wildman–Crippen LogP) is 2.68. The summed E-state index contributed by atoms with van der Waals surface area (Å²) in [5, 5.41) is 9.58. The third-order valence-electron chi connectivity index (χ3n) is 6.77. The average Bonchev–Trinajstić information content (AvgIpc) is 3.48. The van der Waals surface area contributed by atoms with E-state index < -0.39 is 5.97 Å². The van der Waals surface area contributed by atoms with E-state index in [-0.39, 0.29) is 6.03 Å². The second-order valence-corrected chi connectivity index (χ2v) is 9.06. The van der Waals surface area contributed by atoms with Crippen LogP contribution in [0.3, 0.4) is 0 Å². The van der Waals surface area contributed by atoms with Gasteiger partial charge < -0.3 is 30.5 Å². The van der Waals surface area contributed by atoms with Gasteiger partial charge in [-0.2, -0.15) is 0 Å². The molecule has 0 aromatic heterocycles. The molecular weight excluding hydrogens is 460 g/mol. The molecule has 0 saturated carbocycles. The van der Waals surface area contributed by atoms with E-state index in [2.05, 4.69) is 38.5 Å². The molecule has 4 N–H and O–H groups in total. The molecular formula is C25H30N8O3. The number of benzene rings is 2. The number of nitrogens with one attached hydrogen (secondary N) is 4. The van der Waals surface area contributed by atoms with Gasteiger partial charge in [-0.3, -0.25) is 4.90 Å². The number of rotatable bonds is 5. The molecule has 2 aromatic carbocycles. The van der Waals surface area contributed by atoms with E-state index in [4.69, 9.17) is 14.6 Å². The highest BCUT2D eigenvalue weighted by molar-refractivity contribution is 5.85. The van der Waals surface area contributed by atoms with Gasteiger partial charge in [-0.05, 0) is 56.3 Å². The maximum Gasteiger partial charge on any atom is 0.351 e. The van der Waals surface area contributed by atoms with Crippen LogP contribution < -0.4 is 36.0 Å². The topological polar surface area (TPSA) is 106 Å². The first-order valence-corrected chi connectivity index (χ1v) is 12.2. The number of amides is 2. The minimum Gasteiger partial charge on any atom is -0.471 e. The number of urea groups is 1. The van der Waals surface area contributed by atoms with E-state index in [0.717, 1.165) is 53.0 Å². The molecule has 4 aliphatic heterocycles. The maximum atomic E-state index is 12.1. The summed E-state index contributed by atoms with van der Waals surface area (Å²) in [7, 11) is 0. The highest BCUT2D eigenvalue weighted by atomic mass is 16.7. The lowest BCUT2D eigenvalue weighted by atomic mass is 10.2. The Balaban J connectivity index is 1.19. The van der Waals surface area contributed by atoms with Gasteiger partial charge in [-0.25, -0.2) is 20.1 Å². The summed E-state index contributed by atoms with van der Waals surface area (Å²) < 4.78 is 5.58. The monoisotopic (exact) mass is 490 g/mol. The quantitative estimate of drug-likeness (QED) is 0.507. The van der Waals surface area contributed by atoms with E-state index in [1.807, 2.05) is 60.2 Å². The molecule has 2 aromatic rings. The largest absolute Gasteiger partial charge is 0.471 e. The number of aliphatic imine (C=N–C) groups is 1. The number of nitrogens with zero attached hydrogens (tertiary/aromatic N) is 4. The third-order valence-corrected chi connectivity index (χ3v) is 6.77. The van der Waals surface area contributed by atoms with Gasteiger partial charge >= 0.3 is 12.0 Å². The van der Waals surface area contributed by atoms with E-state index >= 15 is 0 Å². The summed E-state index contributed by atoms with van der Waals surface area (Å²) in [6.07, 6.45) is 1.82. The van der Waals surface area contributed by atoms with E-state index in [0.29, 0.717) is 26.4 Å². The number of hydrogen-bond donors (Lipinski definition) is 4. The van der Waals surface area contributed by atoms with Crippen LogP contribution in [0.2, 0.25) is 0 Å². The fraction of sp³-hybridized carbons (Fsp3) is 0.360. The van der Waals surface area contributed by atoms with Gasteiger partial charge in [0.2, 0.25) is 0 Å². The van der Waals surface area contributed by atoms with Crippen molar-refractivity contribution in [3.8, 4) is 5.75 Å². The summed E-state index contributed by atoms with van der Waals surface area (Å²) in [5.41, 5.74) is 7.85. The normalized spacial score (nSPS) is 22.1. The number of hydrogen-bond acceptors (Lipinski definition) is 9. The van der Waals surface area contributed by atoms with E-state index in [9.17, 15) is 4.79 Å². The number of carbonyl (C=O) groups excluding carboxylic acids is 1. The van der Waals surface area contributed by atoms with Gasteiger partial charge in [0.15, 0.2) is 6.73 Å². The molecule has 2 saturated heterocycles. The number of anilines is 4. The first-order chi connectivity index (χ1) is 17.6. The molecule has 11 heteroatoms. The summed E-state index contributed by atoms with van der Waals surface area (Å²) >= 11 is 0. The van der Waals surface area contributed by atoms with Crippen molar-refractivity contribution < 1.29 is 14.4 Å². The van der Waals surface area contributed by atoms with Crippen molar-refractivity contribution in [1.29, 1.82) is 0 Å². The molecule has 1 unspecified atom stereocenters. The zero-order chi connectivity index (χ0) is 24.7. The highest BCUT2D eigenvalue weighted by Crippen LogP contribution is 2.42. The number of allylic oxidation sites excluding steroid dienone is 1. The lowest BCUT2D eigenvalue weighted by Gasteiger charge is -2.37. The van der Waals surface area contributed by atoms with Gasteiger partial charge in [-0.1, -0.05) is 0 Å². The van der Waals surface area contributed by atoms with E-state index in [1.54, 1.807) is 0 Å². The Morgan fingerprint density at radius 1 is 1.11 bits per heavy atom. The average molecular weight is 491 g/mol. The Kier molecular flexibility index (Phi) is 5.48. The molecule has 2 bridgehead atoms. The van der Waals surface area contributed by atoms with Crippen LogP contribution >= 0.6 is 0 Å². The van der Waals surface area contributed by atoms with Crippen molar-refractivity contribution in [2.24, 2.45) is 4.99 Å². The van der Waals surface area contributed by atoms with Gasteiger partial charge in [0, 0.05) is 55.9 Å². The smallest absolute Gasteiger partial charge is 0.351 e. The Bertz CT molecular complexity index is 1220. The van der Waals surface area contributed by atoms with Crippen LogP contribution in [0.25, 0.3) is 0 Å². The summed E-state index contributed by atoms with van der Waals surface area (Å²) in [6.45, 7) is 8.02. The lowest BCUT2D eigenvalue weighted by Crippen LogP contribution is -2.52. The van der Waals surface area contributed by atoms with Crippen LogP contribution in [-0.4, -0.2) is 62.6 Å². The minimum atomic E-state index is -1.16. The fourth-order valence-electron chi connectivity index (χ4n) is 4.85. The number of hydroxylamine groups is 1. The molecule has 2 amide bonds. The number of fused-ring (bicyclic) bond motifs is 3. The van der Waals surface area contributed by atoms with Crippen LogP contribution in [-0.2, 0) is 4.84 Å². The van der Waals surface area contributed by atoms with Crippen molar-refractivity contribution >= 4 is 35.0 Å². The molecule has 2 fully saturated rings. The number of piperazine rings is 1. The van der Waals surface area contributed by atoms with Gasteiger partial charge in [-0.15, -0.1) is 0 Å². The highest BCUT2D eigenvalue weighted by Gasteiger charge is 2.49. The zero-order valence-electron chi connectivity index (χ0n) is 20.4. The van der Waals surface area contributed by atoms with Crippen LogP contribution in [0.1, 0.15) is 13.8 Å². The second-order valence-electron chi connectivity index (χ2n) is 9.06. The lowest BCUT2D eigenvalue weighted by molar-refractivity contribution is -0.0214. The standard InChI is InChI=1S/C25H30N8O3/c1-3-26-24(34)32-12-10-31(11-13-32)19-6-4-18(5-7-19)29-25-28-15-17(2)23(30-36-25)33(25)20-8-9-22-21(14-20)27-16-35-22/h4-9,14-15,27,29-30H,3,10-13,16H2,1-2H3,(H,26,34). The molecule has 6 rings (SSSR count). The SMILES string of the molecule is CCNC(=O)N1CCN(c2ccc(NC34N=CC(C)=C(NO3)N4c3ccc4c(c3)NCO4)cc2)CC1. The molecule has 188 valence electrons. The Hall–Kier alpha value is -4.12. The number of carbonyl (C=O) groups is 1. The predicted molar refractivity (Wildman–Crippen MR) is 139 cm³/mol. The Morgan fingerprint density at radius 3 is 2.67 bits per heavy atom. The van der Waals surface area contributed by atoms with Gasteiger partial charge in [0.05, 0.1) is 11.4 Å². The molecule has 36 heavy (non-hydrogen) atoms. The Morgan fingerprint density at radius 2 is 1.89 bits per heavy atom. The molecule has 4 heterocycles. The third kappa shape index (κ3) is 3.81. The van der Waals surface area contributed by atoms with E-state index in [1.165, 1.54) is 0 Å². The molecule has 1 atom stereocenters. The van der Waals surface area contributed by atoms with Crippen molar-refractivity contribution in [3.05, 3.63) is 53.9 Å². The van der Waals surface area contributed by atoms with Gasteiger partial charge in [0.25, 0.3) is 0 Å². The molecule has 0 spiro atoms.